The summed E-state index contributed by atoms with van der Waals surface area (Å²) in [4.78, 5) is 44.6. The van der Waals surface area contributed by atoms with Crippen molar-refractivity contribution in [3.05, 3.63) is 47.0 Å². The second-order valence-corrected chi connectivity index (χ2v) is 33.0. The van der Waals surface area contributed by atoms with Crippen LogP contribution in [-0.2, 0) is 37.1 Å². The number of fused-ring (bicyclic) bond motifs is 5. The summed E-state index contributed by atoms with van der Waals surface area (Å²) in [6.07, 6.45) is -4.00. The molecular formula is C44H72O10Si3. The number of aliphatic hydroxyl groups is 1. The van der Waals surface area contributed by atoms with Crippen LogP contribution in [0.5, 0.6) is 0 Å². The molecule has 0 aromatic heterocycles. The van der Waals surface area contributed by atoms with Crippen molar-refractivity contribution in [1.82, 2.24) is 0 Å². The molecule has 2 saturated carbocycles. The molecule has 0 radical (unpaired) electrons. The molecule has 3 aliphatic carbocycles. The maximum atomic E-state index is 16.6. The van der Waals surface area contributed by atoms with Crippen LogP contribution in [0, 0.1) is 16.7 Å². The van der Waals surface area contributed by atoms with Gasteiger partial charge < -0.3 is 32.6 Å². The molecule has 1 aromatic carbocycles. The summed E-state index contributed by atoms with van der Waals surface area (Å²) in [6, 6.07) is 13.6. The summed E-state index contributed by atoms with van der Waals surface area (Å²) >= 11 is 0. The van der Waals surface area contributed by atoms with Gasteiger partial charge in [0.1, 0.15) is 23.9 Å². The second-order valence-electron chi connectivity index (χ2n) is 19.1. The number of carbonyl (C=O) groups is 3. The summed E-state index contributed by atoms with van der Waals surface area (Å²) in [5, 5.41) is 14.1. The van der Waals surface area contributed by atoms with Crippen molar-refractivity contribution in [1.29, 1.82) is 0 Å². The lowest BCUT2D eigenvalue weighted by atomic mass is 9.44. The zero-order valence-electron chi connectivity index (χ0n) is 37.3. The molecule has 5 rings (SSSR count). The number of ether oxygens (including phenoxy) is 3. The van der Waals surface area contributed by atoms with Gasteiger partial charge in [0.05, 0.1) is 35.7 Å². The number of carbonyl (C=O) groups excluding carboxylic acids is 3. The Labute approximate surface area is 345 Å². The van der Waals surface area contributed by atoms with Crippen molar-refractivity contribution >= 4 is 42.7 Å². The number of Topliss-reactive ketones (excluding diaryl/α,β-unsaturated/α-hetero) is 1. The molecular weight excluding hydrogens is 773 g/mol. The minimum absolute atomic E-state index is 0.0229. The minimum atomic E-state index is -2.55. The van der Waals surface area contributed by atoms with Gasteiger partial charge in [0.15, 0.2) is 36.3 Å². The summed E-state index contributed by atoms with van der Waals surface area (Å²) in [6.45, 7) is 28.4. The molecule has 0 amide bonds. The molecule has 57 heavy (non-hydrogen) atoms. The smallest absolute Gasteiger partial charge is 0.338 e. The molecule has 1 saturated heterocycles. The summed E-state index contributed by atoms with van der Waals surface area (Å²) < 4.78 is 41.6. The minimum Gasteiger partial charge on any atom is -0.455 e. The van der Waals surface area contributed by atoms with Crippen molar-refractivity contribution in [3.63, 3.8) is 0 Å². The molecule has 2 bridgehead atoms. The van der Waals surface area contributed by atoms with E-state index in [4.69, 9.17) is 27.5 Å². The van der Waals surface area contributed by atoms with E-state index in [1.54, 1.807) is 24.3 Å². The number of hydrogen-bond donors (Lipinski definition) is 1. The van der Waals surface area contributed by atoms with E-state index in [0.717, 1.165) is 41.8 Å². The van der Waals surface area contributed by atoms with E-state index >= 15 is 4.79 Å². The Morgan fingerprint density at radius 3 is 1.88 bits per heavy atom. The number of ketones is 1. The number of esters is 2. The summed E-state index contributed by atoms with van der Waals surface area (Å²) in [7, 11) is -7.27. The first kappa shape index (κ1) is 46.1. The highest BCUT2D eigenvalue weighted by atomic mass is 28.4. The van der Waals surface area contributed by atoms with Crippen LogP contribution in [-0.4, -0.2) is 96.1 Å². The van der Waals surface area contributed by atoms with Crippen LogP contribution in [0.1, 0.15) is 99.4 Å². The molecule has 3 fully saturated rings. The van der Waals surface area contributed by atoms with Gasteiger partial charge in [-0.05, 0) is 93.0 Å². The third-order valence-electron chi connectivity index (χ3n) is 15.0. The maximum absolute atomic E-state index is 16.6. The van der Waals surface area contributed by atoms with Gasteiger partial charge >= 0.3 is 11.9 Å². The largest absolute Gasteiger partial charge is 0.455 e. The SMILES string of the molecule is CC[Si](CC)(CC)O[C@H]1C(=O)[C@]2(C)[C@@H](O[Si](CC)(CC)CC)C[C@H]3OC[C@@]3(OC(C)=O)[C@H]2C(OC(=O)c2ccccc2)[C@]2(O)C[C@H](O[Si](C)(C)C)C(C)=C1C2(C)C. The zero-order valence-corrected chi connectivity index (χ0v) is 40.3. The van der Waals surface area contributed by atoms with Crippen molar-refractivity contribution in [2.45, 2.75) is 187 Å². The molecule has 320 valence electrons. The average molecular weight is 845 g/mol. The Hall–Kier alpha value is -1.98. The summed E-state index contributed by atoms with van der Waals surface area (Å²) in [5.41, 5.74) is -4.05. The van der Waals surface area contributed by atoms with Crippen LogP contribution in [0.25, 0.3) is 0 Å². The fourth-order valence-electron chi connectivity index (χ4n) is 11.0. The Balaban J connectivity index is 1.95. The summed E-state index contributed by atoms with van der Waals surface area (Å²) in [5.74, 6) is -2.45. The lowest BCUT2D eigenvalue weighted by Crippen LogP contribution is -2.82. The van der Waals surface area contributed by atoms with Crippen molar-refractivity contribution in [2.24, 2.45) is 16.7 Å². The lowest BCUT2D eigenvalue weighted by molar-refractivity contribution is -0.344. The highest BCUT2D eigenvalue weighted by molar-refractivity contribution is 6.74. The highest BCUT2D eigenvalue weighted by Gasteiger charge is 2.78. The predicted octanol–water partition coefficient (Wildman–Crippen LogP) is 9.00. The molecule has 0 spiro atoms. The third kappa shape index (κ3) is 7.67. The standard InChI is InChI=1S/C44H72O10Si3/c1-15-56(16-2,17-3)53-33-26-34-43(28-49-34,51-30(8)45)37-39(50-40(47)31-24-22-21-23-25-31)44(48)27-32(52-55(12,13)14)29(7)35(41(44,9)10)36(38(46)42(33,37)11)54-57(18-4,19-5)20-6/h21-25,32-34,36-37,39,48H,15-20,26-28H2,1-14H3/t32-,33-,34+,36+,37-,39?,42+,43-,44+/m0/s1. The topological polar surface area (TPSA) is 127 Å². The molecule has 1 unspecified atom stereocenters. The number of benzene rings is 1. The molecule has 4 aliphatic rings. The van der Waals surface area contributed by atoms with Gasteiger partial charge in [-0.1, -0.05) is 73.6 Å². The normalized spacial score (nSPS) is 34.0. The quantitative estimate of drug-likeness (QED) is 0.104. The lowest BCUT2D eigenvalue weighted by Gasteiger charge is -2.68. The van der Waals surface area contributed by atoms with Crippen LogP contribution in [0.3, 0.4) is 0 Å². The number of rotatable bonds is 15. The van der Waals surface area contributed by atoms with E-state index < -0.39 is 95.4 Å². The van der Waals surface area contributed by atoms with Gasteiger partial charge in [-0.3, -0.25) is 9.59 Å². The maximum Gasteiger partial charge on any atom is 0.338 e. The van der Waals surface area contributed by atoms with Crippen molar-refractivity contribution < 1.29 is 47.0 Å². The van der Waals surface area contributed by atoms with E-state index in [0.29, 0.717) is 17.6 Å². The Morgan fingerprint density at radius 2 is 1.40 bits per heavy atom. The number of hydrogen-bond acceptors (Lipinski definition) is 10. The molecule has 10 nitrogen and oxygen atoms in total. The van der Waals surface area contributed by atoms with Gasteiger partial charge in [0.2, 0.25) is 0 Å². The molecule has 13 heteroatoms. The molecule has 1 heterocycles. The first-order valence-electron chi connectivity index (χ1n) is 21.6. The fraction of sp³-hybridized carbons (Fsp3) is 0.750. The van der Waals surface area contributed by atoms with E-state index in [-0.39, 0.29) is 18.8 Å². The molecule has 9 atom stereocenters. The van der Waals surface area contributed by atoms with Gasteiger partial charge in [-0.15, -0.1) is 0 Å². The van der Waals surface area contributed by atoms with Gasteiger partial charge in [-0.2, -0.15) is 0 Å². The van der Waals surface area contributed by atoms with Crippen molar-refractivity contribution in [3.8, 4) is 0 Å². The Morgan fingerprint density at radius 1 is 0.860 bits per heavy atom. The van der Waals surface area contributed by atoms with Crippen molar-refractivity contribution in [2.75, 3.05) is 6.61 Å². The van der Waals surface area contributed by atoms with Gasteiger partial charge in [0.25, 0.3) is 0 Å². The molecule has 1 N–H and O–H groups in total. The van der Waals surface area contributed by atoms with E-state index in [1.807, 2.05) is 33.8 Å². The fourth-order valence-corrected chi connectivity index (χ4v) is 17.8. The first-order chi connectivity index (χ1) is 26.5. The van der Waals surface area contributed by atoms with E-state index in [2.05, 4.69) is 61.2 Å². The molecule has 1 aromatic rings. The monoisotopic (exact) mass is 844 g/mol. The molecule has 1 aliphatic heterocycles. The van der Waals surface area contributed by atoms with Crippen LogP contribution >= 0.6 is 0 Å². The van der Waals surface area contributed by atoms with E-state index in [1.165, 1.54) is 6.92 Å². The first-order valence-corrected chi connectivity index (χ1v) is 30.1. The third-order valence-corrected chi connectivity index (χ3v) is 25.2. The Kier molecular flexibility index (Phi) is 13.3. The predicted molar refractivity (Wildman–Crippen MR) is 230 cm³/mol. The van der Waals surface area contributed by atoms with Crippen LogP contribution < -0.4 is 0 Å². The highest BCUT2D eigenvalue weighted by Crippen LogP contribution is 2.65. The van der Waals surface area contributed by atoms with Crippen LogP contribution in [0.2, 0.25) is 55.9 Å². The van der Waals surface area contributed by atoms with E-state index in [9.17, 15) is 14.7 Å². The Bertz CT molecular complexity index is 1670. The van der Waals surface area contributed by atoms with Gasteiger partial charge in [-0.25, -0.2) is 4.79 Å². The second kappa shape index (κ2) is 16.5. The van der Waals surface area contributed by atoms with Crippen LogP contribution in [0.15, 0.2) is 41.5 Å². The zero-order chi connectivity index (χ0) is 42.6. The van der Waals surface area contributed by atoms with Gasteiger partial charge in [0, 0.05) is 25.2 Å². The average Bonchev–Trinajstić information content (AvgIpc) is 3.16. The van der Waals surface area contributed by atoms with Crippen LogP contribution in [0.4, 0.5) is 0 Å².